The van der Waals surface area contributed by atoms with Gasteiger partial charge in [-0.2, -0.15) is 0 Å². The molecular weight excluding hydrogens is 304 g/mol. The maximum Gasteiger partial charge on any atom is 0.419 e. The number of amides is 1. The predicted molar refractivity (Wildman–Crippen MR) is 94.4 cm³/mol. The molecule has 0 atom stereocenters. The van der Waals surface area contributed by atoms with Crippen LogP contribution in [0.2, 0.25) is 0 Å². The van der Waals surface area contributed by atoms with Gasteiger partial charge < -0.3 is 9.32 Å². The standard InChI is InChI=1S/C19H20N2O3/c1-4-21(15-7-5-6-13(2)10-15)18(22)12-14-8-9-17-16(11-14)20(3)19(23)24-17/h5-11H,4,12H2,1-3H3. The summed E-state index contributed by atoms with van der Waals surface area (Å²) in [5, 5.41) is 0. The number of rotatable bonds is 4. The average molecular weight is 324 g/mol. The van der Waals surface area contributed by atoms with Crippen LogP contribution in [0.3, 0.4) is 0 Å². The highest BCUT2D eigenvalue weighted by atomic mass is 16.4. The van der Waals surface area contributed by atoms with E-state index < -0.39 is 5.76 Å². The molecule has 0 saturated heterocycles. The van der Waals surface area contributed by atoms with Gasteiger partial charge in [0.05, 0.1) is 11.9 Å². The molecule has 124 valence electrons. The molecule has 0 radical (unpaired) electrons. The zero-order valence-corrected chi connectivity index (χ0v) is 14.1. The Bertz CT molecular complexity index is 953. The highest BCUT2D eigenvalue weighted by Gasteiger charge is 2.15. The van der Waals surface area contributed by atoms with Gasteiger partial charge in [0.15, 0.2) is 5.58 Å². The number of fused-ring (bicyclic) bond motifs is 1. The summed E-state index contributed by atoms with van der Waals surface area (Å²) in [6, 6.07) is 13.3. The van der Waals surface area contributed by atoms with Crippen molar-refractivity contribution in [2.75, 3.05) is 11.4 Å². The van der Waals surface area contributed by atoms with E-state index in [0.29, 0.717) is 17.6 Å². The minimum Gasteiger partial charge on any atom is -0.408 e. The Hall–Kier alpha value is -2.82. The second kappa shape index (κ2) is 6.35. The lowest BCUT2D eigenvalue weighted by molar-refractivity contribution is -0.117. The Morgan fingerprint density at radius 2 is 2.00 bits per heavy atom. The first kappa shape index (κ1) is 16.1. The van der Waals surface area contributed by atoms with Crippen LogP contribution in [0.4, 0.5) is 5.69 Å². The van der Waals surface area contributed by atoms with E-state index in [1.54, 1.807) is 18.0 Å². The van der Waals surface area contributed by atoms with Gasteiger partial charge in [0.1, 0.15) is 0 Å². The average Bonchev–Trinajstić information content (AvgIpc) is 2.83. The first-order valence-electron chi connectivity index (χ1n) is 7.95. The third-order valence-corrected chi connectivity index (χ3v) is 4.14. The fourth-order valence-corrected chi connectivity index (χ4v) is 2.85. The first-order valence-corrected chi connectivity index (χ1v) is 7.95. The Morgan fingerprint density at radius 3 is 2.71 bits per heavy atom. The molecule has 0 fully saturated rings. The Balaban J connectivity index is 1.87. The largest absolute Gasteiger partial charge is 0.419 e. The predicted octanol–water partition coefficient (Wildman–Crippen LogP) is 3.04. The first-order chi connectivity index (χ1) is 11.5. The number of oxazole rings is 1. The molecule has 2 aromatic carbocycles. The van der Waals surface area contributed by atoms with Gasteiger partial charge >= 0.3 is 5.76 Å². The summed E-state index contributed by atoms with van der Waals surface area (Å²) in [5.74, 6) is -0.376. The fourth-order valence-electron chi connectivity index (χ4n) is 2.85. The number of hydrogen-bond acceptors (Lipinski definition) is 3. The third-order valence-electron chi connectivity index (χ3n) is 4.14. The Labute approximate surface area is 140 Å². The molecule has 1 aromatic heterocycles. The lowest BCUT2D eigenvalue weighted by Gasteiger charge is -2.21. The van der Waals surface area contributed by atoms with Crippen molar-refractivity contribution in [3.63, 3.8) is 0 Å². The van der Waals surface area contributed by atoms with E-state index in [2.05, 4.69) is 0 Å². The second-order valence-corrected chi connectivity index (χ2v) is 5.88. The van der Waals surface area contributed by atoms with Crippen molar-refractivity contribution >= 4 is 22.7 Å². The van der Waals surface area contributed by atoms with Crippen LogP contribution >= 0.6 is 0 Å². The lowest BCUT2D eigenvalue weighted by Crippen LogP contribution is -2.32. The summed E-state index contributed by atoms with van der Waals surface area (Å²) < 4.78 is 6.57. The Kier molecular flexibility index (Phi) is 4.25. The van der Waals surface area contributed by atoms with Crippen molar-refractivity contribution in [1.82, 2.24) is 4.57 Å². The van der Waals surface area contributed by atoms with E-state index >= 15 is 0 Å². The molecule has 5 nitrogen and oxygen atoms in total. The van der Waals surface area contributed by atoms with Crippen molar-refractivity contribution in [2.45, 2.75) is 20.3 Å². The van der Waals surface area contributed by atoms with Gasteiger partial charge in [-0.3, -0.25) is 9.36 Å². The number of benzene rings is 2. The van der Waals surface area contributed by atoms with Crippen LogP contribution in [-0.4, -0.2) is 17.0 Å². The summed E-state index contributed by atoms with van der Waals surface area (Å²) in [4.78, 5) is 26.0. The van der Waals surface area contributed by atoms with Crippen molar-refractivity contribution in [1.29, 1.82) is 0 Å². The van der Waals surface area contributed by atoms with Crippen LogP contribution in [0.5, 0.6) is 0 Å². The number of anilines is 1. The number of hydrogen-bond donors (Lipinski definition) is 0. The van der Waals surface area contributed by atoms with Gasteiger partial charge in [-0.1, -0.05) is 18.2 Å². The third kappa shape index (κ3) is 2.97. The molecule has 0 aliphatic heterocycles. The molecule has 1 amide bonds. The van der Waals surface area contributed by atoms with E-state index in [9.17, 15) is 9.59 Å². The molecule has 3 rings (SSSR count). The molecule has 0 aliphatic rings. The zero-order chi connectivity index (χ0) is 17.3. The summed E-state index contributed by atoms with van der Waals surface area (Å²) in [5.41, 5.74) is 4.11. The number of likely N-dealkylation sites (N-methyl/N-ethyl adjacent to an activating group) is 1. The summed E-state index contributed by atoms with van der Waals surface area (Å²) in [6.45, 7) is 4.58. The fraction of sp³-hybridized carbons (Fsp3) is 0.263. The van der Waals surface area contributed by atoms with Gasteiger partial charge in [-0.05, 0) is 49.2 Å². The molecule has 0 saturated carbocycles. The molecule has 0 spiro atoms. The molecule has 3 aromatic rings. The highest BCUT2D eigenvalue weighted by molar-refractivity contribution is 5.95. The number of aryl methyl sites for hydroxylation is 2. The van der Waals surface area contributed by atoms with Crippen LogP contribution in [0.15, 0.2) is 51.7 Å². The van der Waals surface area contributed by atoms with Crippen molar-refractivity contribution < 1.29 is 9.21 Å². The van der Waals surface area contributed by atoms with Gasteiger partial charge in [0, 0.05) is 19.3 Å². The monoisotopic (exact) mass is 324 g/mol. The van der Waals surface area contributed by atoms with E-state index in [4.69, 9.17) is 4.42 Å². The van der Waals surface area contributed by atoms with E-state index in [-0.39, 0.29) is 12.3 Å². The van der Waals surface area contributed by atoms with Crippen LogP contribution < -0.4 is 10.7 Å². The maximum absolute atomic E-state index is 12.7. The van der Waals surface area contributed by atoms with Crippen molar-refractivity contribution in [3.8, 4) is 0 Å². The highest BCUT2D eigenvalue weighted by Crippen LogP contribution is 2.19. The molecule has 1 heterocycles. The van der Waals surface area contributed by atoms with E-state index in [0.717, 1.165) is 16.8 Å². The SMILES string of the molecule is CCN(C(=O)Cc1ccc2oc(=O)n(C)c2c1)c1cccc(C)c1. The Morgan fingerprint density at radius 1 is 1.21 bits per heavy atom. The van der Waals surface area contributed by atoms with E-state index in [1.165, 1.54) is 4.57 Å². The quantitative estimate of drug-likeness (QED) is 0.741. The second-order valence-electron chi connectivity index (χ2n) is 5.88. The number of carbonyl (C=O) groups is 1. The maximum atomic E-state index is 12.7. The van der Waals surface area contributed by atoms with Crippen LogP contribution in [0.25, 0.3) is 11.1 Å². The topological polar surface area (TPSA) is 55.5 Å². The minimum atomic E-state index is -0.400. The van der Waals surface area contributed by atoms with Gasteiger partial charge in [0.25, 0.3) is 0 Å². The van der Waals surface area contributed by atoms with Crippen LogP contribution in [0.1, 0.15) is 18.1 Å². The molecule has 0 bridgehead atoms. The molecule has 0 aliphatic carbocycles. The number of carbonyl (C=O) groups excluding carboxylic acids is 1. The summed E-state index contributed by atoms with van der Waals surface area (Å²) in [6.07, 6.45) is 0.275. The van der Waals surface area contributed by atoms with E-state index in [1.807, 2.05) is 50.2 Å². The van der Waals surface area contributed by atoms with Gasteiger partial charge in [-0.15, -0.1) is 0 Å². The molecule has 0 unspecified atom stereocenters. The molecular formula is C19H20N2O3. The summed E-state index contributed by atoms with van der Waals surface area (Å²) in [7, 11) is 1.66. The molecule has 5 heteroatoms. The smallest absolute Gasteiger partial charge is 0.408 e. The van der Waals surface area contributed by atoms with Gasteiger partial charge in [0.2, 0.25) is 5.91 Å². The minimum absolute atomic E-state index is 0.0240. The molecule has 24 heavy (non-hydrogen) atoms. The number of nitrogens with zero attached hydrogens (tertiary/aromatic N) is 2. The normalized spacial score (nSPS) is 11.0. The van der Waals surface area contributed by atoms with Gasteiger partial charge in [-0.25, -0.2) is 4.79 Å². The zero-order valence-electron chi connectivity index (χ0n) is 14.1. The van der Waals surface area contributed by atoms with Crippen LogP contribution in [-0.2, 0) is 18.3 Å². The molecule has 0 N–H and O–H groups in total. The summed E-state index contributed by atoms with van der Waals surface area (Å²) >= 11 is 0. The van der Waals surface area contributed by atoms with Crippen LogP contribution in [0, 0.1) is 6.92 Å². The van der Waals surface area contributed by atoms with Crippen molar-refractivity contribution in [2.24, 2.45) is 7.05 Å². The number of aromatic nitrogens is 1. The van der Waals surface area contributed by atoms with Crippen molar-refractivity contribution in [3.05, 3.63) is 64.1 Å². The lowest BCUT2D eigenvalue weighted by atomic mass is 10.1.